The molecule has 2 amide bonds. The van der Waals surface area contributed by atoms with Crippen LogP contribution in [0.25, 0.3) is 11.5 Å². The van der Waals surface area contributed by atoms with E-state index in [-0.39, 0.29) is 6.03 Å². The second kappa shape index (κ2) is 10.8. The summed E-state index contributed by atoms with van der Waals surface area (Å²) < 4.78 is 20.5. The minimum atomic E-state index is -0.413. The zero-order chi connectivity index (χ0) is 28.5. The van der Waals surface area contributed by atoms with Crippen molar-refractivity contribution in [2.75, 3.05) is 26.6 Å². The van der Waals surface area contributed by atoms with Crippen molar-refractivity contribution in [1.29, 1.82) is 0 Å². The highest BCUT2D eigenvalue weighted by Gasteiger charge is 2.36. The SMILES string of the molecule is COc1ccc(C2c3cccn3-c3c(c(C)nn3-c3ccccc3)CN2C(=O)Nc2cc(OC)ccc2OC)cc1. The number of rotatable bonds is 6. The summed E-state index contributed by atoms with van der Waals surface area (Å²) in [6.07, 6.45) is 2.03. The van der Waals surface area contributed by atoms with Gasteiger partial charge >= 0.3 is 6.03 Å². The predicted octanol–water partition coefficient (Wildman–Crippen LogP) is 6.13. The van der Waals surface area contributed by atoms with Gasteiger partial charge in [0.1, 0.15) is 23.1 Å². The lowest BCUT2D eigenvalue weighted by Crippen LogP contribution is -2.38. The fourth-order valence-electron chi connectivity index (χ4n) is 5.38. The smallest absolute Gasteiger partial charge is 0.323 e. The normalized spacial score (nSPS) is 14.0. The third kappa shape index (κ3) is 4.65. The van der Waals surface area contributed by atoms with Crippen LogP contribution >= 0.6 is 0 Å². The number of anilines is 1. The number of hydrogen-bond donors (Lipinski definition) is 1. The number of aryl methyl sites for hydroxylation is 1. The van der Waals surface area contributed by atoms with Crippen LogP contribution in [0, 0.1) is 6.92 Å². The van der Waals surface area contributed by atoms with Crippen LogP contribution in [0.4, 0.5) is 10.5 Å². The first kappa shape index (κ1) is 26.1. The van der Waals surface area contributed by atoms with Crippen LogP contribution in [0.5, 0.6) is 17.2 Å². The second-order valence-electron chi connectivity index (χ2n) is 9.74. The third-order valence-corrected chi connectivity index (χ3v) is 7.43. The van der Waals surface area contributed by atoms with E-state index in [0.717, 1.165) is 39.8 Å². The van der Waals surface area contributed by atoms with Crippen molar-refractivity contribution in [3.05, 3.63) is 114 Å². The van der Waals surface area contributed by atoms with Gasteiger partial charge in [0, 0.05) is 17.8 Å². The van der Waals surface area contributed by atoms with E-state index in [0.29, 0.717) is 23.7 Å². The van der Waals surface area contributed by atoms with Gasteiger partial charge in [-0.1, -0.05) is 30.3 Å². The van der Waals surface area contributed by atoms with E-state index in [1.807, 2.05) is 89.4 Å². The van der Waals surface area contributed by atoms with Gasteiger partial charge in [-0.05, 0) is 61.0 Å². The van der Waals surface area contributed by atoms with Gasteiger partial charge < -0.3 is 29.0 Å². The fourth-order valence-corrected chi connectivity index (χ4v) is 5.38. The molecule has 3 aromatic carbocycles. The molecule has 1 aliphatic rings. The summed E-state index contributed by atoms with van der Waals surface area (Å²) >= 11 is 0. The molecule has 0 saturated heterocycles. The van der Waals surface area contributed by atoms with Gasteiger partial charge in [0.05, 0.1) is 56.7 Å². The second-order valence-corrected chi connectivity index (χ2v) is 9.74. The average molecular weight is 550 g/mol. The van der Waals surface area contributed by atoms with Crippen molar-refractivity contribution < 1.29 is 19.0 Å². The van der Waals surface area contributed by atoms with Gasteiger partial charge in [0.2, 0.25) is 0 Å². The zero-order valence-corrected chi connectivity index (χ0v) is 23.4. The Morgan fingerprint density at radius 3 is 2.32 bits per heavy atom. The number of amides is 2. The molecule has 6 rings (SSSR count). The van der Waals surface area contributed by atoms with Crippen molar-refractivity contribution in [3.63, 3.8) is 0 Å². The van der Waals surface area contributed by atoms with E-state index in [4.69, 9.17) is 19.3 Å². The number of ether oxygens (including phenoxy) is 3. The molecule has 1 aliphatic heterocycles. The number of fused-ring (bicyclic) bond motifs is 3. The van der Waals surface area contributed by atoms with Crippen molar-refractivity contribution in [3.8, 4) is 28.8 Å². The maximum Gasteiger partial charge on any atom is 0.323 e. The summed E-state index contributed by atoms with van der Waals surface area (Å²) in [6.45, 7) is 2.31. The number of nitrogens with one attached hydrogen (secondary N) is 1. The average Bonchev–Trinajstić information content (AvgIpc) is 3.57. The number of hydrogen-bond acceptors (Lipinski definition) is 5. The summed E-state index contributed by atoms with van der Waals surface area (Å²) in [7, 11) is 4.80. The van der Waals surface area contributed by atoms with Crippen LogP contribution in [-0.2, 0) is 6.54 Å². The molecule has 0 radical (unpaired) electrons. The lowest BCUT2D eigenvalue weighted by Gasteiger charge is -2.31. The van der Waals surface area contributed by atoms with Gasteiger partial charge in [-0.25, -0.2) is 9.48 Å². The molecular formula is C32H31N5O4. The Morgan fingerprint density at radius 1 is 0.878 bits per heavy atom. The van der Waals surface area contributed by atoms with Gasteiger partial charge in [-0.15, -0.1) is 0 Å². The molecule has 5 aromatic rings. The Kier molecular flexibility index (Phi) is 6.84. The molecule has 0 fully saturated rings. The molecule has 0 aliphatic carbocycles. The molecule has 9 heteroatoms. The van der Waals surface area contributed by atoms with E-state index in [1.165, 1.54) is 0 Å². The van der Waals surface area contributed by atoms with E-state index in [2.05, 4.69) is 9.88 Å². The molecular weight excluding hydrogens is 518 g/mol. The molecule has 0 saturated carbocycles. The molecule has 2 aromatic heterocycles. The number of nitrogens with zero attached hydrogens (tertiary/aromatic N) is 4. The Balaban J connectivity index is 1.52. The van der Waals surface area contributed by atoms with Crippen molar-refractivity contribution in [2.24, 2.45) is 0 Å². The zero-order valence-electron chi connectivity index (χ0n) is 23.4. The minimum absolute atomic E-state index is 0.287. The highest BCUT2D eigenvalue weighted by atomic mass is 16.5. The molecule has 41 heavy (non-hydrogen) atoms. The van der Waals surface area contributed by atoms with E-state index < -0.39 is 6.04 Å². The molecule has 9 nitrogen and oxygen atoms in total. The molecule has 208 valence electrons. The Labute approximate surface area is 238 Å². The number of benzene rings is 3. The highest BCUT2D eigenvalue weighted by Crippen LogP contribution is 2.39. The summed E-state index contributed by atoms with van der Waals surface area (Å²) in [4.78, 5) is 16.1. The van der Waals surface area contributed by atoms with Crippen LogP contribution in [0.3, 0.4) is 0 Å². The number of carbonyl (C=O) groups is 1. The van der Waals surface area contributed by atoms with Crippen LogP contribution in [0.1, 0.15) is 28.6 Å². The van der Waals surface area contributed by atoms with Crippen LogP contribution < -0.4 is 19.5 Å². The number of para-hydroxylation sites is 1. The monoisotopic (exact) mass is 549 g/mol. The Hall–Kier alpha value is -5.18. The fraction of sp³-hybridized carbons (Fsp3) is 0.188. The van der Waals surface area contributed by atoms with Gasteiger partial charge in [0.25, 0.3) is 0 Å². The van der Waals surface area contributed by atoms with Gasteiger partial charge in [-0.3, -0.25) is 0 Å². The quantitative estimate of drug-likeness (QED) is 0.275. The lowest BCUT2D eigenvalue weighted by molar-refractivity contribution is 0.194. The van der Waals surface area contributed by atoms with Crippen LogP contribution in [0.2, 0.25) is 0 Å². The molecule has 1 unspecified atom stereocenters. The first-order chi connectivity index (χ1) is 20.0. The van der Waals surface area contributed by atoms with E-state index in [9.17, 15) is 4.79 Å². The summed E-state index contributed by atoms with van der Waals surface area (Å²) in [6, 6.07) is 26.5. The van der Waals surface area contributed by atoms with E-state index >= 15 is 0 Å². The maximum atomic E-state index is 14.3. The maximum absolute atomic E-state index is 14.3. The molecule has 0 spiro atoms. The van der Waals surface area contributed by atoms with Crippen molar-refractivity contribution in [1.82, 2.24) is 19.2 Å². The number of urea groups is 1. The first-order valence-corrected chi connectivity index (χ1v) is 13.3. The summed E-state index contributed by atoms with van der Waals surface area (Å²) in [5.41, 5.74) is 5.13. The Bertz CT molecular complexity index is 1690. The lowest BCUT2D eigenvalue weighted by atomic mass is 10.0. The summed E-state index contributed by atoms with van der Waals surface area (Å²) in [5.74, 6) is 2.79. The predicted molar refractivity (Wildman–Crippen MR) is 157 cm³/mol. The number of aromatic nitrogens is 3. The van der Waals surface area contributed by atoms with Crippen molar-refractivity contribution >= 4 is 11.7 Å². The Morgan fingerprint density at radius 2 is 1.61 bits per heavy atom. The summed E-state index contributed by atoms with van der Waals surface area (Å²) in [5, 5.41) is 8.00. The number of methoxy groups -OCH3 is 3. The van der Waals surface area contributed by atoms with Crippen LogP contribution in [0.15, 0.2) is 91.1 Å². The largest absolute Gasteiger partial charge is 0.497 e. The molecule has 0 bridgehead atoms. The van der Waals surface area contributed by atoms with Gasteiger partial charge in [-0.2, -0.15) is 5.10 Å². The van der Waals surface area contributed by atoms with Crippen LogP contribution in [-0.4, -0.2) is 46.6 Å². The topological polar surface area (TPSA) is 82.8 Å². The highest BCUT2D eigenvalue weighted by molar-refractivity contribution is 5.92. The minimum Gasteiger partial charge on any atom is -0.497 e. The molecule has 1 N–H and O–H groups in total. The first-order valence-electron chi connectivity index (χ1n) is 13.3. The van der Waals surface area contributed by atoms with Gasteiger partial charge in [0.15, 0.2) is 0 Å². The van der Waals surface area contributed by atoms with Crippen molar-refractivity contribution in [2.45, 2.75) is 19.5 Å². The standard InChI is InChI=1S/C32H31N5O4/c1-21-26-20-36(32(38)33-27-19-25(40-3)16-17-29(27)41-4)30(22-12-14-24(39-2)15-13-22)28-11-8-18-35(28)31(26)37(34-21)23-9-6-5-7-10-23/h5-19,30H,20H2,1-4H3,(H,33,38). The molecule has 1 atom stereocenters. The third-order valence-electron chi connectivity index (χ3n) is 7.43. The van der Waals surface area contributed by atoms with E-state index in [1.54, 1.807) is 39.5 Å². The molecule has 3 heterocycles. The number of carbonyl (C=O) groups excluding carboxylic acids is 1.